The van der Waals surface area contributed by atoms with Gasteiger partial charge in [-0.2, -0.15) is 4.98 Å². The molecule has 142 valence electrons. The lowest BCUT2D eigenvalue weighted by atomic mass is 10.2. The Morgan fingerprint density at radius 3 is 3.00 bits per heavy atom. The molecule has 0 bridgehead atoms. The summed E-state index contributed by atoms with van der Waals surface area (Å²) in [4.78, 5) is 25.0. The summed E-state index contributed by atoms with van der Waals surface area (Å²) in [5.74, 6) is 1.22. The van der Waals surface area contributed by atoms with Gasteiger partial charge in [0.2, 0.25) is 17.6 Å². The zero-order valence-electron chi connectivity index (χ0n) is 15.1. The van der Waals surface area contributed by atoms with E-state index in [4.69, 9.17) is 9.51 Å². The molecule has 4 aromatic rings. The number of aryl methyl sites for hydroxylation is 1. The van der Waals surface area contributed by atoms with Crippen LogP contribution in [0.2, 0.25) is 0 Å². The average Bonchev–Trinajstić information content (AvgIpc) is 3.50. The minimum absolute atomic E-state index is 0.0780. The summed E-state index contributed by atoms with van der Waals surface area (Å²) in [6.45, 7) is 0.781. The van der Waals surface area contributed by atoms with Crippen LogP contribution in [0.4, 0.5) is 0 Å². The highest BCUT2D eigenvalue weighted by Gasteiger charge is 2.32. The van der Waals surface area contributed by atoms with Crippen LogP contribution in [0.15, 0.2) is 46.3 Å². The van der Waals surface area contributed by atoms with Crippen LogP contribution in [0, 0.1) is 0 Å². The summed E-state index contributed by atoms with van der Waals surface area (Å²) in [6.07, 6.45) is 2.80. The number of likely N-dealkylation sites (tertiary alicyclic amines) is 1. The molecule has 0 radical (unpaired) electrons. The van der Waals surface area contributed by atoms with Crippen LogP contribution in [0.1, 0.15) is 36.2 Å². The second-order valence-electron chi connectivity index (χ2n) is 6.75. The SMILES string of the molecule is O=C(CCc1nc(-c2cccs2)no1)N1CCC[C@H]1c1nc2ccccc2s1. The van der Waals surface area contributed by atoms with Gasteiger partial charge in [0.05, 0.1) is 21.1 Å². The van der Waals surface area contributed by atoms with E-state index in [1.165, 1.54) is 4.70 Å². The van der Waals surface area contributed by atoms with Crippen LogP contribution in [0.3, 0.4) is 0 Å². The van der Waals surface area contributed by atoms with E-state index < -0.39 is 0 Å². The summed E-state index contributed by atoms with van der Waals surface area (Å²) >= 11 is 3.25. The summed E-state index contributed by atoms with van der Waals surface area (Å²) in [7, 11) is 0. The van der Waals surface area contributed by atoms with Crippen molar-refractivity contribution in [2.24, 2.45) is 0 Å². The third-order valence-electron chi connectivity index (χ3n) is 4.93. The first-order chi connectivity index (χ1) is 13.8. The van der Waals surface area contributed by atoms with E-state index in [1.54, 1.807) is 22.7 Å². The van der Waals surface area contributed by atoms with E-state index in [0.29, 0.717) is 24.6 Å². The molecule has 1 aromatic carbocycles. The van der Waals surface area contributed by atoms with Crippen LogP contribution < -0.4 is 0 Å². The van der Waals surface area contributed by atoms with Crippen molar-refractivity contribution >= 4 is 38.8 Å². The topological polar surface area (TPSA) is 72.1 Å². The van der Waals surface area contributed by atoms with Crippen molar-refractivity contribution in [1.82, 2.24) is 20.0 Å². The number of nitrogens with zero attached hydrogens (tertiary/aromatic N) is 4. The summed E-state index contributed by atoms with van der Waals surface area (Å²) in [5, 5.41) is 7.02. The first-order valence-electron chi connectivity index (χ1n) is 9.29. The van der Waals surface area contributed by atoms with E-state index in [0.717, 1.165) is 34.8 Å². The normalized spacial score (nSPS) is 16.9. The molecule has 0 N–H and O–H groups in total. The van der Waals surface area contributed by atoms with Crippen molar-refractivity contribution in [2.45, 2.75) is 31.7 Å². The monoisotopic (exact) mass is 410 g/mol. The lowest BCUT2D eigenvalue weighted by molar-refractivity contribution is -0.132. The third kappa shape index (κ3) is 3.33. The molecule has 1 atom stereocenters. The Morgan fingerprint density at radius 1 is 1.21 bits per heavy atom. The molecular formula is C20H18N4O2S2. The predicted octanol–water partition coefficient (Wildman–Crippen LogP) is 4.70. The second-order valence-corrected chi connectivity index (χ2v) is 8.76. The van der Waals surface area contributed by atoms with Crippen molar-refractivity contribution in [3.05, 3.63) is 52.7 Å². The molecule has 0 spiro atoms. The van der Waals surface area contributed by atoms with Crippen LogP contribution >= 0.6 is 22.7 Å². The zero-order valence-corrected chi connectivity index (χ0v) is 16.7. The number of hydrogen-bond acceptors (Lipinski definition) is 7. The number of benzene rings is 1. The number of rotatable bonds is 5. The van der Waals surface area contributed by atoms with Crippen LogP contribution in [0.5, 0.6) is 0 Å². The van der Waals surface area contributed by atoms with Crippen molar-refractivity contribution in [3.8, 4) is 10.7 Å². The molecule has 0 aliphatic carbocycles. The van der Waals surface area contributed by atoms with Gasteiger partial charge in [-0.3, -0.25) is 4.79 Å². The van der Waals surface area contributed by atoms with Gasteiger partial charge < -0.3 is 9.42 Å². The first kappa shape index (κ1) is 17.5. The van der Waals surface area contributed by atoms with Gasteiger partial charge >= 0.3 is 0 Å². The molecule has 4 heterocycles. The largest absolute Gasteiger partial charge is 0.339 e. The van der Waals surface area contributed by atoms with Crippen molar-refractivity contribution < 1.29 is 9.32 Å². The van der Waals surface area contributed by atoms with Gasteiger partial charge in [0.1, 0.15) is 5.01 Å². The van der Waals surface area contributed by atoms with Crippen molar-refractivity contribution in [3.63, 3.8) is 0 Å². The van der Waals surface area contributed by atoms with E-state index in [1.807, 2.05) is 40.6 Å². The van der Waals surface area contributed by atoms with E-state index in [9.17, 15) is 4.79 Å². The highest BCUT2D eigenvalue weighted by molar-refractivity contribution is 7.18. The lowest BCUT2D eigenvalue weighted by Crippen LogP contribution is -2.30. The highest BCUT2D eigenvalue weighted by Crippen LogP contribution is 2.36. The molecule has 0 unspecified atom stereocenters. The van der Waals surface area contributed by atoms with Crippen molar-refractivity contribution in [1.29, 1.82) is 0 Å². The molecule has 1 aliphatic rings. The second kappa shape index (κ2) is 7.44. The molecule has 5 rings (SSSR count). The maximum atomic E-state index is 12.9. The Hall–Kier alpha value is -2.58. The minimum atomic E-state index is 0.0780. The van der Waals surface area contributed by atoms with E-state index in [2.05, 4.69) is 16.2 Å². The fourth-order valence-corrected chi connectivity index (χ4v) is 5.34. The zero-order chi connectivity index (χ0) is 18.9. The van der Waals surface area contributed by atoms with Crippen molar-refractivity contribution in [2.75, 3.05) is 6.54 Å². The molecule has 1 fully saturated rings. The smallest absolute Gasteiger partial charge is 0.227 e. The van der Waals surface area contributed by atoms with Crippen LogP contribution in [-0.4, -0.2) is 32.5 Å². The molecule has 8 heteroatoms. The number of carbonyl (C=O) groups is 1. The Bertz CT molecular complexity index is 1070. The Kier molecular flexibility index (Phi) is 4.66. The molecule has 0 saturated carbocycles. The molecule has 3 aromatic heterocycles. The van der Waals surface area contributed by atoms with Crippen LogP contribution in [-0.2, 0) is 11.2 Å². The van der Waals surface area contributed by atoms with Gasteiger partial charge in [-0.1, -0.05) is 23.4 Å². The number of para-hydroxylation sites is 1. The number of amides is 1. The van der Waals surface area contributed by atoms with E-state index >= 15 is 0 Å². The number of thiophene rings is 1. The van der Waals surface area contributed by atoms with Gasteiger partial charge in [0, 0.05) is 19.4 Å². The summed E-state index contributed by atoms with van der Waals surface area (Å²) < 4.78 is 6.49. The van der Waals surface area contributed by atoms with Gasteiger partial charge in [0.15, 0.2) is 0 Å². The standard InChI is InChI=1S/C20H18N4O2S2/c25-18(10-9-17-22-19(23-26-17)16-8-4-12-27-16)24-11-3-6-14(24)20-21-13-5-1-2-7-15(13)28-20/h1-2,4-5,7-8,12,14H,3,6,9-11H2/t14-/m0/s1. The maximum Gasteiger partial charge on any atom is 0.227 e. The van der Waals surface area contributed by atoms with Gasteiger partial charge in [-0.05, 0) is 36.4 Å². The average molecular weight is 411 g/mol. The molecule has 28 heavy (non-hydrogen) atoms. The third-order valence-corrected chi connectivity index (χ3v) is 6.93. The summed E-state index contributed by atoms with van der Waals surface area (Å²) in [6, 6.07) is 12.1. The van der Waals surface area contributed by atoms with E-state index in [-0.39, 0.29) is 11.9 Å². The fourth-order valence-electron chi connectivity index (χ4n) is 3.57. The molecule has 6 nitrogen and oxygen atoms in total. The Labute approximate surface area is 169 Å². The maximum absolute atomic E-state index is 12.9. The number of aromatic nitrogens is 3. The predicted molar refractivity (Wildman–Crippen MR) is 109 cm³/mol. The molecule has 1 saturated heterocycles. The highest BCUT2D eigenvalue weighted by atomic mass is 32.1. The molecule has 1 amide bonds. The lowest BCUT2D eigenvalue weighted by Gasteiger charge is -2.22. The van der Waals surface area contributed by atoms with Crippen LogP contribution in [0.25, 0.3) is 20.9 Å². The van der Waals surface area contributed by atoms with Gasteiger partial charge in [-0.25, -0.2) is 4.98 Å². The summed E-state index contributed by atoms with van der Waals surface area (Å²) in [5.41, 5.74) is 1.01. The van der Waals surface area contributed by atoms with Gasteiger partial charge in [-0.15, -0.1) is 22.7 Å². The Balaban J connectivity index is 1.27. The number of fused-ring (bicyclic) bond motifs is 1. The quantitative estimate of drug-likeness (QED) is 0.477. The fraction of sp³-hybridized carbons (Fsp3) is 0.300. The molecular weight excluding hydrogens is 392 g/mol. The van der Waals surface area contributed by atoms with Gasteiger partial charge in [0.25, 0.3) is 0 Å². The first-order valence-corrected chi connectivity index (χ1v) is 11.0. The number of thiazole rings is 1. The number of hydrogen-bond donors (Lipinski definition) is 0. The Morgan fingerprint density at radius 2 is 2.14 bits per heavy atom. The molecule has 1 aliphatic heterocycles. The number of carbonyl (C=O) groups excluding carboxylic acids is 1. The minimum Gasteiger partial charge on any atom is -0.339 e.